The molecule has 5 rings (SSSR count). The van der Waals surface area contributed by atoms with E-state index in [-0.39, 0.29) is 47.9 Å². The van der Waals surface area contributed by atoms with Gasteiger partial charge in [0.1, 0.15) is 6.04 Å². The fourth-order valence-electron chi connectivity index (χ4n) is 6.16. The number of amides is 3. The van der Waals surface area contributed by atoms with Crippen molar-refractivity contribution in [3.05, 3.63) is 80.7 Å². The molecule has 4 aromatic rings. The van der Waals surface area contributed by atoms with E-state index in [9.17, 15) is 27.9 Å². The van der Waals surface area contributed by atoms with E-state index in [1.54, 1.807) is 9.80 Å². The molecular formula is C34H44N6O7S2. The van der Waals surface area contributed by atoms with Crippen LogP contribution in [-0.2, 0) is 27.8 Å². The maximum atomic E-state index is 14.1. The van der Waals surface area contributed by atoms with Crippen LogP contribution in [0.15, 0.2) is 68.0 Å². The number of carbonyl (C=O) groups excluding carboxylic acids is 2. The quantitative estimate of drug-likeness (QED) is 0.168. The third kappa shape index (κ3) is 8.58. The van der Waals surface area contributed by atoms with Crippen LogP contribution in [0.25, 0.3) is 11.1 Å². The van der Waals surface area contributed by atoms with Crippen LogP contribution < -0.4 is 11.1 Å². The van der Waals surface area contributed by atoms with Crippen LogP contribution in [-0.4, -0.2) is 93.9 Å². The molecule has 1 fully saturated rings. The van der Waals surface area contributed by atoms with Crippen molar-refractivity contribution in [1.82, 2.24) is 29.4 Å². The Labute approximate surface area is 290 Å². The molecule has 0 radical (unpaired) electrons. The molecule has 1 aliphatic heterocycles. The molecule has 264 valence electrons. The number of rotatable bonds is 15. The Morgan fingerprint density at radius 3 is 2.49 bits per heavy atom. The molecule has 13 nitrogen and oxygen atoms in total. The largest absolute Gasteiger partial charge is 0.417 e. The minimum atomic E-state index is -4.17. The maximum Gasteiger partial charge on any atom is 0.417 e. The third-order valence-electron chi connectivity index (χ3n) is 8.46. The van der Waals surface area contributed by atoms with Crippen LogP contribution in [0.5, 0.6) is 0 Å². The Morgan fingerprint density at radius 1 is 1.10 bits per heavy atom. The van der Waals surface area contributed by atoms with Crippen LogP contribution in [0.3, 0.4) is 0 Å². The monoisotopic (exact) mass is 712 g/mol. The van der Waals surface area contributed by atoms with E-state index in [1.165, 1.54) is 33.8 Å². The number of urea groups is 1. The average molecular weight is 713 g/mol. The van der Waals surface area contributed by atoms with Gasteiger partial charge in [-0.1, -0.05) is 58.0 Å². The molecular weight excluding hydrogens is 669 g/mol. The van der Waals surface area contributed by atoms with Crippen molar-refractivity contribution in [3.63, 3.8) is 0 Å². The number of aryl methyl sites for hydroxylation is 1. The second-order valence-corrected chi connectivity index (χ2v) is 16.2. The van der Waals surface area contributed by atoms with Crippen molar-refractivity contribution in [3.8, 4) is 0 Å². The normalized spacial score (nSPS) is 15.9. The standard InChI is InChI=1S/C34H44N6O7S2/c1-21(2)17-39(49(45,46)26-11-12-27-30(16-26)47-33(43)37-27)19-29(41)28(15-24-9-7-6-8-10-24)36-32(42)31(22(3)4)40-14-13-38(34(40)44)18-25-20-48-23(5)35-25/h6-12,16,20-22,28-29,31,41H,13-15,17-19H2,1-5H3,(H,36,42)(H,37,43)/t28-,29+,31?/m0/s1. The zero-order valence-corrected chi connectivity index (χ0v) is 30.0. The molecule has 49 heavy (non-hydrogen) atoms. The number of benzene rings is 2. The van der Waals surface area contributed by atoms with Gasteiger partial charge in [0.2, 0.25) is 15.9 Å². The fraction of sp³-hybridized carbons (Fsp3) is 0.471. The predicted molar refractivity (Wildman–Crippen MR) is 187 cm³/mol. The van der Waals surface area contributed by atoms with E-state index in [0.29, 0.717) is 25.2 Å². The van der Waals surface area contributed by atoms with Gasteiger partial charge in [0.05, 0.1) is 39.8 Å². The number of nitrogens with one attached hydrogen (secondary N) is 2. The lowest BCUT2D eigenvalue weighted by atomic mass is 9.97. The van der Waals surface area contributed by atoms with Crippen molar-refractivity contribution in [2.24, 2.45) is 11.8 Å². The minimum Gasteiger partial charge on any atom is -0.408 e. The summed E-state index contributed by atoms with van der Waals surface area (Å²) >= 11 is 1.52. The Balaban J connectivity index is 1.38. The Hall–Kier alpha value is -4.05. The first kappa shape index (κ1) is 36.2. The van der Waals surface area contributed by atoms with E-state index in [1.807, 2.05) is 70.3 Å². The molecule has 0 bridgehead atoms. The molecule has 2 aromatic carbocycles. The molecule has 3 N–H and O–H groups in total. The zero-order valence-electron chi connectivity index (χ0n) is 28.3. The lowest BCUT2D eigenvalue weighted by Gasteiger charge is -2.34. The number of H-pyrrole nitrogens is 1. The van der Waals surface area contributed by atoms with Crippen LogP contribution in [0, 0.1) is 18.8 Å². The SMILES string of the molecule is Cc1nc(CN2CCN(C(C(=O)N[C@@H](Cc3ccccc3)[C@H](O)CN(CC(C)C)S(=O)(=O)c3ccc4[nH]c(=O)oc4c3)C(C)C)C2=O)cs1. The van der Waals surface area contributed by atoms with Gasteiger partial charge >= 0.3 is 11.8 Å². The average Bonchev–Trinajstić information content (AvgIpc) is 3.73. The summed E-state index contributed by atoms with van der Waals surface area (Å²) in [4.78, 5) is 49.5. The number of nitrogens with zero attached hydrogens (tertiary/aromatic N) is 4. The number of hydrogen-bond donors (Lipinski definition) is 3. The summed E-state index contributed by atoms with van der Waals surface area (Å²) in [6.45, 7) is 10.3. The van der Waals surface area contributed by atoms with Crippen molar-refractivity contribution < 1.29 is 27.5 Å². The van der Waals surface area contributed by atoms with Gasteiger partial charge in [-0.25, -0.2) is 23.0 Å². The summed E-state index contributed by atoms with van der Waals surface area (Å²) < 4.78 is 34.2. The Kier molecular flexibility index (Phi) is 11.3. The second kappa shape index (κ2) is 15.2. The fourth-order valence-corrected chi connectivity index (χ4v) is 8.40. The Morgan fingerprint density at radius 2 is 1.84 bits per heavy atom. The summed E-state index contributed by atoms with van der Waals surface area (Å²) in [5.41, 5.74) is 2.10. The summed E-state index contributed by atoms with van der Waals surface area (Å²) in [6, 6.07) is 11.5. The lowest BCUT2D eigenvalue weighted by molar-refractivity contribution is -0.128. The minimum absolute atomic E-state index is 0.0891. The molecule has 0 spiro atoms. The first-order chi connectivity index (χ1) is 23.2. The van der Waals surface area contributed by atoms with E-state index in [0.717, 1.165) is 16.3 Å². The molecule has 1 unspecified atom stereocenters. The highest BCUT2D eigenvalue weighted by Gasteiger charge is 2.40. The topological polar surface area (TPSA) is 169 Å². The summed E-state index contributed by atoms with van der Waals surface area (Å²) in [5, 5.41) is 17.6. The smallest absolute Gasteiger partial charge is 0.408 e. The van der Waals surface area contributed by atoms with Crippen molar-refractivity contribution in [2.45, 2.75) is 70.7 Å². The number of fused-ring (bicyclic) bond motifs is 1. The van der Waals surface area contributed by atoms with E-state index >= 15 is 0 Å². The van der Waals surface area contributed by atoms with Crippen molar-refractivity contribution in [2.75, 3.05) is 26.2 Å². The molecule has 15 heteroatoms. The van der Waals surface area contributed by atoms with Gasteiger partial charge < -0.3 is 24.6 Å². The Bertz CT molecular complexity index is 1920. The van der Waals surface area contributed by atoms with Crippen molar-refractivity contribution in [1.29, 1.82) is 0 Å². The second-order valence-electron chi connectivity index (χ2n) is 13.2. The number of aromatic amines is 1. The highest BCUT2D eigenvalue weighted by Crippen LogP contribution is 2.24. The van der Waals surface area contributed by atoms with E-state index < -0.39 is 39.9 Å². The number of sulfonamides is 1. The number of aromatic nitrogens is 2. The number of carbonyl (C=O) groups is 2. The maximum absolute atomic E-state index is 14.1. The van der Waals surface area contributed by atoms with Crippen LogP contribution in [0.1, 0.15) is 44.0 Å². The number of thiazole rings is 1. The van der Waals surface area contributed by atoms with Gasteiger partial charge in [0.25, 0.3) is 0 Å². The molecule has 3 atom stereocenters. The molecule has 1 saturated heterocycles. The van der Waals surface area contributed by atoms with Crippen LogP contribution in [0.4, 0.5) is 4.79 Å². The number of aliphatic hydroxyl groups excluding tert-OH is 1. The highest BCUT2D eigenvalue weighted by atomic mass is 32.2. The van der Waals surface area contributed by atoms with Crippen molar-refractivity contribution >= 4 is 44.4 Å². The molecule has 3 amide bonds. The number of aliphatic hydroxyl groups is 1. The summed E-state index contributed by atoms with van der Waals surface area (Å²) in [5.74, 6) is -1.47. The molecule has 0 saturated carbocycles. The highest BCUT2D eigenvalue weighted by molar-refractivity contribution is 7.89. The molecule has 3 heterocycles. The van der Waals surface area contributed by atoms with Gasteiger partial charge in [-0.3, -0.25) is 9.78 Å². The number of hydrogen-bond acceptors (Lipinski definition) is 9. The lowest BCUT2D eigenvalue weighted by Crippen LogP contribution is -2.57. The van der Waals surface area contributed by atoms with Crippen LogP contribution in [0.2, 0.25) is 0 Å². The van der Waals surface area contributed by atoms with E-state index in [2.05, 4.69) is 15.3 Å². The van der Waals surface area contributed by atoms with Gasteiger partial charge in [-0.2, -0.15) is 4.31 Å². The summed E-state index contributed by atoms with van der Waals surface area (Å²) in [7, 11) is -4.17. The molecule has 1 aliphatic rings. The van der Waals surface area contributed by atoms with E-state index in [4.69, 9.17) is 4.42 Å². The van der Waals surface area contributed by atoms with Gasteiger partial charge in [0, 0.05) is 37.6 Å². The van der Waals surface area contributed by atoms with Gasteiger partial charge in [-0.05, 0) is 42.9 Å². The van der Waals surface area contributed by atoms with Gasteiger partial charge in [0.15, 0.2) is 5.58 Å². The third-order valence-corrected chi connectivity index (χ3v) is 11.1. The summed E-state index contributed by atoms with van der Waals surface area (Å²) in [6.07, 6.45) is -1.10. The van der Waals surface area contributed by atoms with Gasteiger partial charge in [-0.15, -0.1) is 11.3 Å². The predicted octanol–water partition coefficient (Wildman–Crippen LogP) is 3.58. The van der Waals surface area contributed by atoms with Crippen LogP contribution >= 0.6 is 11.3 Å². The number of oxazole rings is 1. The zero-order chi connectivity index (χ0) is 35.5. The molecule has 2 aromatic heterocycles. The first-order valence-corrected chi connectivity index (χ1v) is 18.7. The molecule has 0 aliphatic carbocycles. The first-order valence-electron chi connectivity index (χ1n) is 16.3.